The van der Waals surface area contributed by atoms with Crippen LogP contribution in [-0.4, -0.2) is 36.9 Å². The van der Waals surface area contributed by atoms with Crippen LogP contribution in [-0.2, 0) is 9.53 Å². The van der Waals surface area contributed by atoms with Gasteiger partial charge in [-0.25, -0.2) is 0 Å². The number of carbonyl (C=O) groups is 1. The van der Waals surface area contributed by atoms with Crippen molar-refractivity contribution in [1.29, 1.82) is 0 Å². The number of aliphatic hydroxyl groups excluding tert-OH is 1. The van der Waals surface area contributed by atoms with Crippen molar-refractivity contribution in [3.8, 4) is 0 Å². The van der Waals surface area contributed by atoms with Crippen molar-refractivity contribution in [3.05, 3.63) is 0 Å². The van der Waals surface area contributed by atoms with Gasteiger partial charge in [-0.15, -0.1) is 0 Å². The number of esters is 1. The van der Waals surface area contributed by atoms with Crippen LogP contribution in [0.3, 0.4) is 0 Å². The summed E-state index contributed by atoms with van der Waals surface area (Å²) in [7, 11) is 0. The van der Waals surface area contributed by atoms with Gasteiger partial charge in [-0.3, -0.25) is 4.79 Å². The molecule has 1 aliphatic carbocycles. The van der Waals surface area contributed by atoms with Crippen molar-refractivity contribution in [2.75, 3.05) is 19.8 Å². The number of hydrogen-bond donors (Lipinski definition) is 2. The first kappa shape index (κ1) is 13.5. The molecule has 0 bridgehead atoms. The quantitative estimate of drug-likeness (QED) is 0.611. The fraction of sp³-hybridized carbons (Fsp3) is 0.917. The van der Waals surface area contributed by atoms with E-state index in [1.54, 1.807) is 0 Å². The highest BCUT2D eigenvalue weighted by Crippen LogP contribution is 2.47. The van der Waals surface area contributed by atoms with Crippen LogP contribution in [0.15, 0.2) is 0 Å². The predicted molar refractivity (Wildman–Crippen MR) is 62.1 cm³/mol. The van der Waals surface area contributed by atoms with Gasteiger partial charge < -0.3 is 15.2 Å². The highest BCUT2D eigenvalue weighted by atomic mass is 16.5. The molecular weight excluding hydrogens is 206 g/mol. The lowest BCUT2D eigenvalue weighted by Crippen LogP contribution is -2.40. The molecule has 0 heterocycles. The molecule has 94 valence electrons. The molecule has 16 heavy (non-hydrogen) atoms. The van der Waals surface area contributed by atoms with Gasteiger partial charge in [-0.05, 0) is 38.0 Å². The van der Waals surface area contributed by atoms with Gasteiger partial charge in [0.05, 0.1) is 6.61 Å². The third-order valence-electron chi connectivity index (χ3n) is 3.30. The Balaban J connectivity index is 2.31. The standard InChI is InChI=1S/C12H23NO3/c1-3-10(11(15)16-4-2)13-9-12(5-6-12)7-8-14/h10,13-14H,3-9H2,1-2H3. The third kappa shape index (κ3) is 3.76. The number of rotatable bonds is 8. The van der Waals surface area contributed by atoms with Crippen LogP contribution >= 0.6 is 0 Å². The summed E-state index contributed by atoms with van der Waals surface area (Å²) in [4.78, 5) is 11.5. The SMILES string of the molecule is CCOC(=O)C(CC)NCC1(CCO)CC1. The second-order valence-corrected chi connectivity index (χ2v) is 4.57. The summed E-state index contributed by atoms with van der Waals surface area (Å²) in [5.74, 6) is -0.162. The topological polar surface area (TPSA) is 58.6 Å². The fourth-order valence-corrected chi connectivity index (χ4v) is 1.91. The van der Waals surface area contributed by atoms with E-state index in [4.69, 9.17) is 9.84 Å². The monoisotopic (exact) mass is 229 g/mol. The van der Waals surface area contributed by atoms with E-state index in [2.05, 4.69) is 5.32 Å². The van der Waals surface area contributed by atoms with E-state index in [0.29, 0.717) is 6.61 Å². The lowest BCUT2D eigenvalue weighted by atomic mass is 10.0. The second-order valence-electron chi connectivity index (χ2n) is 4.57. The van der Waals surface area contributed by atoms with Gasteiger partial charge in [0.2, 0.25) is 0 Å². The number of carbonyl (C=O) groups excluding carboxylic acids is 1. The van der Waals surface area contributed by atoms with Gasteiger partial charge in [0.25, 0.3) is 0 Å². The van der Waals surface area contributed by atoms with Gasteiger partial charge in [-0.1, -0.05) is 6.92 Å². The minimum atomic E-state index is -0.198. The summed E-state index contributed by atoms with van der Waals surface area (Å²) >= 11 is 0. The molecular formula is C12H23NO3. The zero-order chi connectivity index (χ0) is 12.0. The summed E-state index contributed by atoms with van der Waals surface area (Å²) in [6, 6.07) is -0.198. The summed E-state index contributed by atoms with van der Waals surface area (Å²) in [5.41, 5.74) is 0.245. The molecule has 0 saturated heterocycles. The average molecular weight is 229 g/mol. The fourth-order valence-electron chi connectivity index (χ4n) is 1.91. The normalized spacial score (nSPS) is 19.2. The molecule has 2 N–H and O–H groups in total. The summed E-state index contributed by atoms with van der Waals surface area (Å²) in [5, 5.41) is 12.2. The Morgan fingerprint density at radius 3 is 2.62 bits per heavy atom. The van der Waals surface area contributed by atoms with Crippen molar-refractivity contribution in [3.63, 3.8) is 0 Å². The zero-order valence-corrected chi connectivity index (χ0v) is 10.3. The Labute approximate surface area is 97.4 Å². The Hall–Kier alpha value is -0.610. The van der Waals surface area contributed by atoms with Crippen molar-refractivity contribution < 1.29 is 14.6 Å². The molecule has 0 amide bonds. The van der Waals surface area contributed by atoms with E-state index < -0.39 is 0 Å². The van der Waals surface area contributed by atoms with Gasteiger partial charge in [0.1, 0.15) is 6.04 Å². The van der Waals surface area contributed by atoms with Crippen molar-refractivity contribution in [1.82, 2.24) is 5.32 Å². The molecule has 0 spiro atoms. The molecule has 0 aromatic heterocycles. The van der Waals surface area contributed by atoms with Crippen LogP contribution in [0.2, 0.25) is 0 Å². The van der Waals surface area contributed by atoms with E-state index in [9.17, 15) is 4.79 Å². The van der Waals surface area contributed by atoms with Gasteiger partial charge in [0, 0.05) is 13.2 Å². The van der Waals surface area contributed by atoms with E-state index in [1.165, 1.54) is 0 Å². The predicted octanol–water partition coefficient (Wildman–Crippen LogP) is 1.08. The Kier molecular flexibility index (Phi) is 5.22. The van der Waals surface area contributed by atoms with Crippen LogP contribution in [0.25, 0.3) is 0 Å². The van der Waals surface area contributed by atoms with Crippen LogP contribution < -0.4 is 5.32 Å². The molecule has 0 aliphatic heterocycles. The molecule has 1 saturated carbocycles. The number of aliphatic hydroxyl groups is 1. The van der Waals surface area contributed by atoms with Crippen molar-refractivity contribution in [2.24, 2.45) is 5.41 Å². The van der Waals surface area contributed by atoms with Crippen LogP contribution in [0, 0.1) is 5.41 Å². The van der Waals surface area contributed by atoms with E-state index >= 15 is 0 Å². The van der Waals surface area contributed by atoms with Crippen molar-refractivity contribution >= 4 is 5.97 Å². The number of ether oxygens (including phenoxy) is 1. The first-order valence-corrected chi connectivity index (χ1v) is 6.18. The Morgan fingerprint density at radius 2 is 2.19 bits per heavy atom. The molecule has 0 aromatic carbocycles. The lowest BCUT2D eigenvalue weighted by molar-refractivity contribution is -0.145. The highest BCUT2D eigenvalue weighted by Gasteiger charge is 2.42. The summed E-state index contributed by atoms with van der Waals surface area (Å²) < 4.78 is 4.99. The zero-order valence-electron chi connectivity index (χ0n) is 10.3. The maximum Gasteiger partial charge on any atom is 0.323 e. The molecule has 1 rings (SSSR count). The maximum atomic E-state index is 11.5. The highest BCUT2D eigenvalue weighted by molar-refractivity contribution is 5.75. The first-order chi connectivity index (χ1) is 7.67. The molecule has 4 nitrogen and oxygen atoms in total. The molecule has 0 radical (unpaired) electrons. The molecule has 1 aliphatic rings. The van der Waals surface area contributed by atoms with Crippen LogP contribution in [0.1, 0.15) is 39.5 Å². The average Bonchev–Trinajstić information content (AvgIpc) is 3.00. The number of nitrogens with one attached hydrogen (secondary N) is 1. The van der Waals surface area contributed by atoms with E-state index in [-0.39, 0.29) is 24.0 Å². The Bertz CT molecular complexity index is 226. The van der Waals surface area contributed by atoms with Gasteiger partial charge in [-0.2, -0.15) is 0 Å². The van der Waals surface area contributed by atoms with E-state index in [0.717, 1.165) is 32.2 Å². The summed E-state index contributed by atoms with van der Waals surface area (Å²) in [6.07, 6.45) is 3.88. The largest absolute Gasteiger partial charge is 0.465 e. The number of hydrogen-bond acceptors (Lipinski definition) is 4. The maximum absolute atomic E-state index is 11.5. The first-order valence-electron chi connectivity index (χ1n) is 6.18. The lowest BCUT2D eigenvalue weighted by Gasteiger charge is -2.20. The molecule has 1 fully saturated rings. The molecule has 1 unspecified atom stereocenters. The van der Waals surface area contributed by atoms with Crippen LogP contribution in [0.4, 0.5) is 0 Å². The Morgan fingerprint density at radius 1 is 1.50 bits per heavy atom. The smallest absolute Gasteiger partial charge is 0.323 e. The minimum absolute atomic E-state index is 0.162. The van der Waals surface area contributed by atoms with Crippen LogP contribution in [0.5, 0.6) is 0 Å². The van der Waals surface area contributed by atoms with E-state index in [1.807, 2.05) is 13.8 Å². The second kappa shape index (κ2) is 6.21. The van der Waals surface area contributed by atoms with Gasteiger partial charge >= 0.3 is 5.97 Å². The molecule has 1 atom stereocenters. The third-order valence-corrected chi connectivity index (χ3v) is 3.30. The summed E-state index contributed by atoms with van der Waals surface area (Å²) in [6.45, 7) is 5.26. The molecule has 4 heteroatoms. The molecule has 0 aromatic rings. The van der Waals surface area contributed by atoms with Crippen molar-refractivity contribution in [2.45, 2.75) is 45.6 Å². The minimum Gasteiger partial charge on any atom is -0.465 e. The van der Waals surface area contributed by atoms with Gasteiger partial charge in [0.15, 0.2) is 0 Å².